The molecule has 1 aromatic rings. The Morgan fingerprint density at radius 1 is 1.40 bits per heavy atom. The van der Waals surface area contributed by atoms with Crippen LogP contribution in [0.4, 0.5) is 5.69 Å². The van der Waals surface area contributed by atoms with Gasteiger partial charge in [-0.2, -0.15) is 5.26 Å². The number of anilines is 1. The zero-order valence-electron chi connectivity index (χ0n) is 20.2. The third-order valence-electron chi connectivity index (χ3n) is 7.11. The first kappa shape index (κ1) is 24.2. The van der Waals surface area contributed by atoms with Crippen LogP contribution in [0.15, 0.2) is 58.2 Å². The van der Waals surface area contributed by atoms with E-state index in [2.05, 4.69) is 32.8 Å². The number of carbonyl (C=O) groups is 2. The molecule has 1 unspecified atom stereocenters. The summed E-state index contributed by atoms with van der Waals surface area (Å²) < 4.78 is 5.13. The molecule has 2 atom stereocenters. The van der Waals surface area contributed by atoms with Gasteiger partial charge >= 0.3 is 0 Å². The van der Waals surface area contributed by atoms with E-state index in [1.54, 1.807) is 11.9 Å². The highest BCUT2D eigenvalue weighted by Gasteiger charge is 2.49. The number of ether oxygens (including phenoxy) is 1. The van der Waals surface area contributed by atoms with Gasteiger partial charge in [-0.15, -0.1) is 0 Å². The summed E-state index contributed by atoms with van der Waals surface area (Å²) in [6.07, 6.45) is 4.58. The predicted octanol–water partition coefficient (Wildman–Crippen LogP) is 2.63. The van der Waals surface area contributed by atoms with E-state index in [1.165, 1.54) is 19.6 Å². The quantitative estimate of drug-likeness (QED) is 0.401. The molecule has 0 bridgehead atoms. The first-order valence-electron chi connectivity index (χ1n) is 11.7. The molecule has 0 radical (unpaired) electrons. The van der Waals surface area contributed by atoms with Crippen LogP contribution in [0, 0.1) is 11.3 Å². The number of carbonyl (C=O) groups excluding carboxylic acids is 2. The van der Waals surface area contributed by atoms with Crippen molar-refractivity contribution in [3.05, 3.63) is 53.8 Å². The molecule has 1 fully saturated rings. The van der Waals surface area contributed by atoms with Crippen molar-refractivity contribution in [2.45, 2.75) is 37.1 Å². The van der Waals surface area contributed by atoms with Crippen molar-refractivity contribution >= 4 is 29.7 Å². The third kappa shape index (κ3) is 4.32. The Labute approximate surface area is 205 Å². The molecule has 182 valence electrons. The number of aliphatic imine (C=N–C) groups is 2. The molecule has 4 rings (SSSR count). The molecule has 1 N–H and O–H groups in total. The Morgan fingerprint density at radius 2 is 2.20 bits per heavy atom. The number of allylic oxidation sites excluding steroid dienone is 1. The molecule has 1 aliphatic carbocycles. The van der Waals surface area contributed by atoms with E-state index < -0.39 is 5.41 Å². The minimum atomic E-state index is -0.683. The maximum atomic E-state index is 13.2. The Morgan fingerprint density at radius 3 is 2.91 bits per heavy atom. The standard InChI is InChI=1S/C26H30N6O3/c1-4-23(33)32-14-13-31(16-18(32)10-12-27)24(28-2)19-9-11-26(15-22(19)29-17-35-3)20-7-5-6-8-21(20)30-25(26)34/h4-8,17-18H,1,9-11,13-16H2,2-3H3,(H,30,34)/b28-24+,29-17+/t18-,26?/m0/s1. The number of para-hydroxylation sites is 1. The number of nitrogens with one attached hydrogen (secondary N) is 1. The van der Waals surface area contributed by atoms with Crippen LogP contribution >= 0.6 is 0 Å². The van der Waals surface area contributed by atoms with E-state index in [0.717, 1.165) is 28.4 Å². The number of hydrogen-bond acceptors (Lipinski definition) is 6. The molecule has 1 saturated heterocycles. The Kier molecular flexibility index (Phi) is 7.01. The minimum absolute atomic E-state index is 0.0107. The molecule has 2 aliphatic heterocycles. The monoisotopic (exact) mass is 474 g/mol. The van der Waals surface area contributed by atoms with E-state index in [0.29, 0.717) is 38.9 Å². The number of hydrogen-bond donors (Lipinski definition) is 1. The number of piperazine rings is 1. The lowest BCUT2D eigenvalue weighted by Gasteiger charge is -2.43. The summed E-state index contributed by atoms with van der Waals surface area (Å²) in [5.74, 6) is 0.599. The van der Waals surface area contributed by atoms with E-state index in [-0.39, 0.29) is 24.3 Å². The van der Waals surface area contributed by atoms with Gasteiger partial charge in [0.25, 0.3) is 0 Å². The highest BCUT2D eigenvalue weighted by Crippen LogP contribution is 2.49. The van der Waals surface area contributed by atoms with Crippen LogP contribution < -0.4 is 5.32 Å². The summed E-state index contributed by atoms with van der Waals surface area (Å²) in [5, 5.41) is 12.4. The second-order valence-corrected chi connectivity index (χ2v) is 8.90. The van der Waals surface area contributed by atoms with E-state index in [1.807, 2.05) is 24.3 Å². The molecule has 3 aliphatic rings. The van der Waals surface area contributed by atoms with Gasteiger partial charge in [-0.05, 0) is 30.5 Å². The van der Waals surface area contributed by atoms with E-state index in [9.17, 15) is 14.9 Å². The lowest BCUT2D eigenvalue weighted by atomic mass is 9.69. The number of methoxy groups -OCH3 is 1. The molecule has 2 amide bonds. The molecular formula is C26H30N6O3. The minimum Gasteiger partial charge on any atom is -0.486 e. The fourth-order valence-electron chi connectivity index (χ4n) is 5.44. The number of rotatable bonds is 5. The van der Waals surface area contributed by atoms with Gasteiger partial charge in [-0.3, -0.25) is 14.6 Å². The van der Waals surface area contributed by atoms with Crippen molar-refractivity contribution < 1.29 is 14.3 Å². The third-order valence-corrected chi connectivity index (χ3v) is 7.11. The first-order chi connectivity index (χ1) is 17.0. The number of amidine groups is 1. The number of amides is 2. The molecule has 9 heteroatoms. The van der Waals surface area contributed by atoms with Gasteiger partial charge in [0.15, 0.2) is 6.40 Å². The molecular weight excluding hydrogens is 444 g/mol. The molecule has 1 aromatic carbocycles. The van der Waals surface area contributed by atoms with Gasteiger partial charge in [0.2, 0.25) is 11.8 Å². The Bertz CT molecular complexity index is 1160. The van der Waals surface area contributed by atoms with E-state index >= 15 is 0 Å². The normalized spacial score (nSPS) is 24.4. The van der Waals surface area contributed by atoms with Crippen LogP contribution in [-0.4, -0.2) is 73.7 Å². The second kappa shape index (κ2) is 10.1. The summed E-state index contributed by atoms with van der Waals surface area (Å²) >= 11 is 0. The zero-order chi connectivity index (χ0) is 25.0. The van der Waals surface area contributed by atoms with Gasteiger partial charge in [-0.1, -0.05) is 24.8 Å². The van der Waals surface area contributed by atoms with Gasteiger partial charge in [0.1, 0.15) is 5.84 Å². The molecule has 0 aromatic heterocycles. The topological polar surface area (TPSA) is 110 Å². The predicted molar refractivity (Wildman–Crippen MR) is 134 cm³/mol. The van der Waals surface area contributed by atoms with Crippen LogP contribution in [0.2, 0.25) is 0 Å². The highest BCUT2D eigenvalue weighted by atomic mass is 16.5. The van der Waals surface area contributed by atoms with Crippen molar-refractivity contribution in [2.75, 3.05) is 39.1 Å². The summed E-state index contributed by atoms with van der Waals surface area (Å²) in [7, 11) is 3.28. The van der Waals surface area contributed by atoms with Crippen LogP contribution in [-0.2, 0) is 19.7 Å². The van der Waals surface area contributed by atoms with Crippen molar-refractivity contribution in [2.24, 2.45) is 9.98 Å². The van der Waals surface area contributed by atoms with Crippen molar-refractivity contribution in [1.29, 1.82) is 5.26 Å². The van der Waals surface area contributed by atoms with Gasteiger partial charge in [0.05, 0.1) is 36.8 Å². The van der Waals surface area contributed by atoms with Crippen LogP contribution in [0.5, 0.6) is 0 Å². The zero-order valence-corrected chi connectivity index (χ0v) is 20.2. The van der Waals surface area contributed by atoms with Crippen LogP contribution in [0.3, 0.4) is 0 Å². The molecule has 9 nitrogen and oxygen atoms in total. The lowest BCUT2D eigenvalue weighted by molar-refractivity contribution is -0.130. The SMILES string of the molecule is C=CC(=O)N1CCN(/C(=N/C)C2=C(/N=C/OC)CC3(CC2)C(=O)Nc2ccccc23)C[C@@H]1CC#N. The maximum absolute atomic E-state index is 13.2. The van der Waals surface area contributed by atoms with Gasteiger partial charge in [-0.25, -0.2) is 4.99 Å². The van der Waals surface area contributed by atoms with Crippen molar-refractivity contribution in [3.63, 3.8) is 0 Å². The van der Waals surface area contributed by atoms with Crippen molar-refractivity contribution in [3.8, 4) is 6.07 Å². The number of nitrogens with zero attached hydrogens (tertiary/aromatic N) is 5. The number of benzene rings is 1. The second-order valence-electron chi connectivity index (χ2n) is 8.90. The summed E-state index contributed by atoms with van der Waals surface area (Å²) in [4.78, 5) is 38.5. The fourth-order valence-corrected chi connectivity index (χ4v) is 5.44. The Balaban J connectivity index is 1.68. The molecule has 1 spiro atoms. The number of fused-ring (bicyclic) bond motifs is 2. The molecule has 0 saturated carbocycles. The van der Waals surface area contributed by atoms with Gasteiger partial charge < -0.3 is 19.9 Å². The Hall–Kier alpha value is -3.93. The highest BCUT2D eigenvalue weighted by molar-refractivity contribution is 6.07. The van der Waals surface area contributed by atoms with Crippen LogP contribution in [0.25, 0.3) is 0 Å². The van der Waals surface area contributed by atoms with E-state index in [4.69, 9.17) is 4.74 Å². The molecule has 2 heterocycles. The summed E-state index contributed by atoms with van der Waals surface area (Å²) in [6, 6.07) is 9.75. The number of nitriles is 1. The fraction of sp³-hybridized carbons (Fsp3) is 0.423. The average molecular weight is 475 g/mol. The molecule has 35 heavy (non-hydrogen) atoms. The lowest BCUT2D eigenvalue weighted by Crippen LogP contribution is -2.56. The van der Waals surface area contributed by atoms with Crippen molar-refractivity contribution in [1.82, 2.24) is 9.80 Å². The summed E-state index contributed by atoms with van der Waals surface area (Å²) in [6.45, 7) is 5.12. The smallest absolute Gasteiger partial charge is 0.246 e. The largest absolute Gasteiger partial charge is 0.486 e. The summed E-state index contributed by atoms with van der Waals surface area (Å²) in [5.41, 5.74) is 2.88. The average Bonchev–Trinajstić information content (AvgIpc) is 3.14. The first-order valence-corrected chi connectivity index (χ1v) is 11.7. The van der Waals surface area contributed by atoms with Crippen LogP contribution in [0.1, 0.15) is 31.2 Å². The van der Waals surface area contributed by atoms with Gasteiger partial charge in [0, 0.05) is 44.4 Å². The maximum Gasteiger partial charge on any atom is 0.246 e.